The van der Waals surface area contributed by atoms with Gasteiger partial charge in [-0.25, -0.2) is 6.57 Å². The van der Waals surface area contributed by atoms with Crippen LogP contribution in [0.4, 0.5) is 0 Å². The van der Waals surface area contributed by atoms with Gasteiger partial charge >= 0.3 is 0 Å². The number of allylic oxidation sites excluding steroid dienone is 1. The van der Waals surface area contributed by atoms with E-state index in [9.17, 15) is 0 Å². The van der Waals surface area contributed by atoms with E-state index in [1.807, 2.05) is 0 Å². The van der Waals surface area contributed by atoms with Crippen LogP contribution in [0.5, 0.6) is 0 Å². The number of nitrogens with zero attached hydrogens (tertiary/aromatic N) is 1. The summed E-state index contributed by atoms with van der Waals surface area (Å²) in [6.07, 6.45) is 9.11. The van der Waals surface area contributed by atoms with Crippen molar-refractivity contribution in [3.8, 4) is 0 Å². The molecule has 2 rings (SSSR count). The number of epoxide rings is 1. The van der Waals surface area contributed by atoms with Crippen LogP contribution in [-0.4, -0.2) is 17.2 Å². The molecule has 1 aliphatic heterocycles. The molecule has 1 heterocycles. The molecule has 1 aliphatic carbocycles. The molecular weight excluding hydrogens is 222 g/mol. The molecule has 2 fully saturated rings. The highest BCUT2D eigenvalue weighted by molar-refractivity contribution is 5.15. The Labute approximate surface area is 111 Å². The molecule has 0 aromatic rings. The lowest BCUT2D eigenvalue weighted by atomic mass is 9.72. The number of hydrogen-bond donors (Lipinski definition) is 0. The van der Waals surface area contributed by atoms with Gasteiger partial charge in [0, 0.05) is 19.8 Å². The first-order valence-electron chi connectivity index (χ1n) is 7.14. The zero-order chi connectivity index (χ0) is 13.4. The van der Waals surface area contributed by atoms with Crippen molar-refractivity contribution in [2.75, 3.05) is 0 Å². The third kappa shape index (κ3) is 2.62. The van der Waals surface area contributed by atoms with E-state index in [1.54, 1.807) is 0 Å². The van der Waals surface area contributed by atoms with Crippen molar-refractivity contribution in [1.82, 2.24) is 0 Å². The molecule has 2 atom stereocenters. The lowest BCUT2D eigenvalue weighted by molar-refractivity contribution is 0.167. The predicted octanol–water partition coefficient (Wildman–Crippen LogP) is 4.22. The molecule has 100 valence electrons. The molecule has 0 amide bonds. The van der Waals surface area contributed by atoms with Gasteiger partial charge in [-0.05, 0) is 31.6 Å². The van der Waals surface area contributed by atoms with E-state index in [-0.39, 0.29) is 11.1 Å². The maximum atomic E-state index is 7.27. The Balaban J connectivity index is 1.90. The van der Waals surface area contributed by atoms with E-state index >= 15 is 0 Å². The van der Waals surface area contributed by atoms with E-state index in [2.05, 4.69) is 44.7 Å². The summed E-state index contributed by atoms with van der Waals surface area (Å²) in [5, 5.41) is 0. The van der Waals surface area contributed by atoms with Crippen LogP contribution in [0.2, 0.25) is 0 Å². The van der Waals surface area contributed by atoms with Crippen LogP contribution in [0.1, 0.15) is 53.4 Å². The van der Waals surface area contributed by atoms with Crippen LogP contribution < -0.4 is 0 Å². The molecule has 0 spiro atoms. The Hall–Kier alpha value is -0.810. The van der Waals surface area contributed by atoms with Crippen LogP contribution in [0.3, 0.4) is 0 Å². The van der Waals surface area contributed by atoms with Gasteiger partial charge in [0.2, 0.25) is 5.54 Å². The minimum atomic E-state index is -0.106. The third-order valence-electron chi connectivity index (χ3n) is 4.70. The minimum Gasteiger partial charge on any atom is -0.362 e. The maximum absolute atomic E-state index is 7.27. The van der Waals surface area contributed by atoms with Gasteiger partial charge in [0.05, 0.1) is 5.60 Å². The summed E-state index contributed by atoms with van der Waals surface area (Å²) in [7, 11) is 0. The van der Waals surface area contributed by atoms with Crippen LogP contribution in [0, 0.1) is 18.4 Å². The van der Waals surface area contributed by atoms with Crippen molar-refractivity contribution < 1.29 is 4.74 Å². The van der Waals surface area contributed by atoms with Crippen molar-refractivity contribution in [3.63, 3.8) is 0 Å². The second-order valence-electron chi connectivity index (χ2n) is 6.73. The number of ether oxygens (including phenoxy) is 1. The smallest absolute Gasteiger partial charge is 0.229 e. The standard InChI is InChI=1S/C16H25NO/c1-12(2)6-7-14-16(4,18-14)13-8-10-15(3,17-5)11-9-13/h6-7,12-14H,8-11H2,1-4H3/b7-6+/t13?,14-,15?,16-/m1/s1. The summed E-state index contributed by atoms with van der Waals surface area (Å²) in [6.45, 7) is 16.0. The van der Waals surface area contributed by atoms with E-state index in [0.717, 1.165) is 25.7 Å². The van der Waals surface area contributed by atoms with E-state index in [1.165, 1.54) is 0 Å². The molecule has 0 aromatic heterocycles. The predicted molar refractivity (Wildman–Crippen MR) is 74.2 cm³/mol. The van der Waals surface area contributed by atoms with Gasteiger partial charge in [0.15, 0.2) is 0 Å². The third-order valence-corrected chi connectivity index (χ3v) is 4.70. The fourth-order valence-corrected chi connectivity index (χ4v) is 3.05. The molecular formula is C16H25NO. The first kappa shape index (κ1) is 13.6. The Morgan fingerprint density at radius 3 is 2.39 bits per heavy atom. The summed E-state index contributed by atoms with van der Waals surface area (Å²) in [5.74, 6) is 1.23. The molecule has 18 heavy (non-hydrogen) atoms. The summed E-state index contributed by atoms with van der Waals surface area (Å²) in [4.78, 5) is 3.79. The molecule has 1 saturated carbocycles. The largest absolute Gasteiger partial charge is 0.362 e. The van der Waals surface area contributed by atoms with Gasteiger partial charge in [-0.1, -0.05) is 26.0 Å². The van der Waals surface area contributed by atoms with Crippen LogP contribution >= 0.6 is 0 Å². The van der Waals surface area contributed by atoms with Gasteiger partial charge in [-0.2, -0.15) is 0 Å². The summed E-state index contributed by atoms with van der Waals surface area (Å²) < 4.78 is 5.93. The molecule has 1 saturated heterocycles. The van der Waals surface area contributed by atoms with Gasteiger partial charge in [0.25, 0.3) is 0 Å². The zero-order valence-electron chi connectivity index (χ0n) is 12.1. The Morgan fingerprint density at radius 2 is 1.89 bits per heavy atom. The van der Waals surface area contributed by atoms with Crippen molar-refractivity contribution in [2.24, 2.45) is 11.8 Å². The highest BCUT2D eigenvalue weighted by atomic mass is 16.6. The second kappa shape index (κ2) is 4.70. The van der Waals surface area contributed by atoms with Gasteiger partial charge in [-0.15, -0.1) is 0 Å². The molecule has 0 N–H and O–H groups in total. The summed E-state index contributed by atoms with van der Waals surface area (Å²) in [5.41, 5.74) is -0.0558. The summed E-state index contributed by atoms with van der Waals surface area (Å²) >= 11 is 0. The summed E-state index contributed by atoms with van der Waals surface area (Å²) in [6, 6.07) is 0. The highest BCUT2D eigenvalue weighted by Crippen LogP contribution is 2.51. The average Bonchev–Trinajstić information content (AvgIpc) is 3.00. The van der Waals surface area contributed by atoms with E-state index in [4.69, 9.17) is 11.3 Å². The van der Waals surface area contributed by atoms with E-state index in [0.29, 0.717) is 17.9 Å². The lowest BCUT2D eigenvalue weighted by Gasteiger charge is -2.31. The fourth-order valence-electron chi connectivity index (χ4n) is 3.05. The topological polar surface area (TPSA) is 16.9 Å². The van der Waals surface area contributed by atoms with Crippen molar-refractivity contribution in [3.05, 3.63) is 23.6 Å². The maximum Gasteiger partial charge on any atom is 0.229 e. The Morgan fingerprint density at radius 1 is 1.28 bits per heavy atom. The first-order valence-corrected chi connectivity index (χ1v) is 7.14. The second-order valence-corrected chi connectivity index (χ2v) is 6.73. The fraction of sp³-hybridized carbons (Fsp3) is 0.812. The van der Waals surface area contributed by atoms with Crippen LogP contribution in [-0.2, 0) is 4.74 Å². The van der Waals surface area contributed by atoms with Crippen LogP contribution in [0.15, 0.2) is 12.2 Å². The molecule has 0 radical (unpaired) electrons. The zero-order valence-corrected chi connectivity index (χ0v) is 12.1. The minimum absolute atomic E-state index is 0.0503. The molecule has 0 bridgehead atoms. The van der Waals surface area contributed by atoms with Crippen molar-refractivity contribution >= 4 is 0 Å². The van der Waals surface area contributed by atoms with Crippen molar-refractivity contribution in [1.29, 1.82) is 0 Å². The SMILES string of the molecule is [C-]#[N+]C1(C)CCC([C@@]2(C)O[C@@H]2/C=C/C(C)C)CC1. The highest BCUT2D eigenvalue weighted by Gasteiger charge is 2.57. The Bertz CT molecular complexity index is 371. The normalized spacial score (nSPS) is 44.2. The van der Waals surface area contributed by atoms with Crippen molar-refractivity contribution in [2.45, 2.75) is 70.6 Å². The Kier molecular flexibility index (Phi) is 3.56. The molecule has 2 nitrogen and oxygen atoms in total. The monoisotopic (exact) mass is 247 g/mol. The lowest BCUT2D eigenvalue weighted by Crippen LogP contribution is -2.34. The molecule has 0 unspecified atom stereocenters. The van der Waals surface area contributed by atoms with Gasteiger partial charge in [-0.3, -0.25) is 0 Å². The first-order chi connectivity index (χ1) is 8.39. The van der Waals surface area contributed by atoms with Gasteiger partial charge in [0.1, 0.15) is 6.10 Å². The van der Waals surface area contributed by atoms with Gasteiger partial charge < -0.3 is 9.58 Å². The molecule has 2 heteroatoms. The molecule has 2 aliphatic rings. The van der Waals surface area contributed by atoms with E-state index < -0.39 is 0 Å². The number of hydrogen-bond acceptors (Lipinski definition) is 1. The number of rotatable bonds is 3. The molecule has 0 aromatic carbocycles. The average molecular weight is 247 g/mol. The van der Waals surface area contributed by atoms with Crippen LogP contribution in [0.25, 0.3) is 4.85 Å². The quantitative estimate of drug-likeness (QED) is 0.414.